The molecule has 1 amide bonds. The van der Waals surface area contributed by atoms with Crippen molar-refractivity contribution < 1.29 is 9.90 Å². The van der Waals surface area contributed by atoms with Gasteiger partial charge in [-0.3, -0.25) is 4.79 Å². The number of likely N-dealkylation sites (tertiary alicyclic amines) is 1. The van der Waals surface area contributed by atoms with E-state index in [9.17, 15) is 4.79 Å². The zero-order chi connectivity index (χ0) is 12.8. The van der Waals surface area contributed by atoms with Gasteiger partial charge in [-0.1, -0.05) is 6.07 Å². The quantitative estimate of drug-likeness (QED) is 0.792. The second-order valence-corrected chi connectivity index (χ2v) is 5.55. The summed E-state index contributed by atoms with van der Waals surface area (Å²) in [6, 6.07) is 4.17. The molecule has 1 atom stereocenters. The summed E-state index contributed by atoms with van der Waals surface area (Å²) in [5.74, 6) is 0.152. The molecule has 0 radical (unpaired) electrons. The van der Waals surface area contributed by atoms with E-state index >= 15 is 0 Å². The van der Waals surface area contributed by atoms with Gasteiger partial charge in [0.1, 0.15) is 0 Å². The van der Waals surface area contributed by atoms with Gasteiger partial charge in [-0.15, -0.1) is 11.3 Å². The Morgan fingerprint density at radius 3 is 3.22 bits per heavy atom. The Balaban J connectivity index is 1.84. The highest BCUT2D eigenvalue weighted by atomic mass is 32.1. The molecule has 0 aliphatic carbocycles. The molecule has 2 N–H and O–H groups in total. The van der Waals surface area contributed by atoms with Gasteiger partial charge in [0.15, 0.2) is 0 Å². The summed E-state index contributed by atoms with van der Waals surface area (Å²) >= 11 is 1.50. The molecule has 1 fully saturated rings. The van der Waals surface area contributed by atoms with E-state index < -0.39 is 0 Å². The number of hydrogen-bond acceptors (Lipinski definition) is 4. The fourth-order valence-electron chi connectivity index (χ4n) is 2.27. The van der Waals surface area contributed by atoms with E-state index in [1.807, 2.05) is 22.4 Å². The van der Waals surface area contributed by atoms with Crippen molar-refractivity contribution in [3.05, 3.63) is 22.4 Å². The molecule has 0 saturated carbocycles. The van der Waals surface area contributed by atoms with Gasteiger partial charge in [-0.2, -0.15) is 0 Å². The first-order valence-corrected chi connectivity index (χ1v) is 7.36. The molecule has 100 valence electrons. The maximum atomic E-state index is 12.2. The lowest BCUT2D eigenvalue weighted by molar-refractivity contribution is 0.0699. The van der Waals surface area contributed by atoms with E-state index in [-0.39, 0.29) is 12.5 Å². The molecule has 4 nitrogen and oxygen atoms in total. The third kappa shape index (κ3) is 3.54. The molecule has 2 rings (SSSR count). The lowest BCUT2D eigenvalue weighted by Crippen LogP contribution is -2.48. The fraction of sp³-hybridized carbons (Fsp3) is 0.615. The number of thiophene rings is 1. The number of carbonyl (C=O) groups is 1. The third-order valence-corrected chi connectivity index (χ3v) is 4.07. The number of nitrogens with one attached hydrogen (secondary N) is 1. The first-order chi connectivity index (χ1) is 8.81. The van der Waals surface area contributed by atoms with Crippen molar-refractivity contribution in [3.63, 3.8) is 0 Å². The highest BCUT2D eigenvalue weighted by Crippen LogP contribution is 2.16. The summed E-state index contributed by atoms with van der Waals surface area (Å²) in [5.41, 5.74) is 0. The van der Waals surface area contributed by atoms with E-state index in [2.05, 4.69) is 5.32 Å². The van der Waals surface area contributed by atoms with E-state index in [4.69, 9.17) is 5.11 Å². The summed E-state index contributed by atoms with van der Waals surface area (Å²) in [5, 5.41) is 14.1. The molecule has 1 aromatic rings. The lowest BCUT2D eigenvalue weighted by atomic mass is 10.1. The zero-order valence-electron chi connectivity index (χ0n) is 10.5. The highest BCUT2D eigenvalue weighted by Gasteiger charge is 2.24. The predicted octanol–water partition coefficient (Wildman–Crippen LogP) is 1.32. The maximum Gasteiger partial charge on any atom is 0.263 e. The topological polar surface area (TPSA) is 52.6 Å². The Labute approximate surface area is 112 Å². The average Bonchev–Trinajstić information content (AvgIpc) is 2.92. The van der Waals surface area contributed by atoms with Gasteiger partial charge in [-0.25, -0.2) is 0 Å². The first kappa shape index (κ1) is 13.5. The van der Waals surface area contributed by atoms with Gasteiger partial charge in [0, 0.05) is 25.7 Å². The summed E-state index contributed by atoms with van der Waals surface area (Å²) in [4.78, 5) is 15.0. The van der Waals surface area contributed by atoms with Crippen LogP contribution in [0.4, 0.5) is 0 Å². The Hall–Kier alpha value is -0.910. The van der Waals surface area contributed by atoms with Crippen molar-refractivity contribution in [1.29, 1.82) is 0 Å². The van der Waals surface area contributed by atoms with Crippen LogP contribution in [0.3, 0.4) is 0 Å². The van der Waals surface area contributed by atoms with Crippen LogP contribution in [0.5, 0.6) is 0 Å². The molecular formula is C13H20N2O2S. The predicted molar refractivity (Wildman–Crippen MR) is 73.0 cm³/mol. The molecule has 1 aromatic heterocycles. The summed E-state index contributed by atoms with van der Waals surface area (Å²) in [7, 11) is 0. The highest BCUT2D eigenvalue weighted by molar-refractivity contribution is 7.12. The molecule has 0 spiro atoms. The van der Waals surface area contributed by atoms with Gasteiger partial charge in [-0.05, 0) is 37.3 Å². The second-order valence-electron chi connectivity index (χ2n) is 4.60. The molecule has 2 heterocycles. The summed E-state index contributed by atoms with van der Waals surface area (Å²) in [6.07, 6.45) is 2.93. The monoisotopic (exact) mass is 268 g/mol. The van der Waals surface area contributed by atoms with Crippen molar-refractivity contribution in [1.82, 2.24) is 10.2 Å². The summed E-state index contributed by atoms with van der Waals surface area (Å²) < 4.78 is 0. The van der Waals surface area contributed by atoms with Crippen molar-refractivity contribution in [2.75, 3.05) is 26.2 Å². The number of amides is 1. The minimum atomic E-state index is 0.152. The Bertz CT molecular complexity index is 367. The number of rotatable bonds is 5. The molecule has 1 aliphatic rings. The van der Waals surface area contributed by atoms with Crippen molar-refractivity contribution in [3.8, 4) is 0 Å². The molecule has 0 bridgehead atoms. The Morgan fingerprint density at radius 1 is 1.61 bits per heavy atom. The van der Waals surface area contributed by atoms with Gasteiger partial charge in [0.25, 0.3) is 5.91 Å². The largest absolute Gasteiger partial charge is 0.396 e. The Morgan fingerprint density at radius 2 is 2.50 bits per heavy atom. The minimum Gasteiger partial charge on any atom is -0.396 e. The number of hydrogen-bond donors (Lipinski definition) is 2. The number of piperidine rings is 1. The van der Waals surface area contributed by atoms with Gasteiger partial charge < -0.3 is 15.3 Å². The first-order valence-electron chi connectivity index (χ1n) is 6.48. The maximum absolute atomic E-state index is 12.2. The molecule has 0 aromatic carbocycles. The number of carbonyl (C=O) groups excluding carboxylic acids is 1. The van der Waals surface area contributed by atoms with Crippen LogP contribution in [0, 0.1) is 0 Å². The van der Waals surface area contributed by atoms with E-state index in [1.54, 1.807) is 0 Å². The molecule has 5 heteroatoms. The van der Waals surface area contributed by atoms with Crippen molar-refractivity contribution >= 4 is 17.2 Å². The molecule has 1 unspecified atom stereocenters. The van der Waals surface area contributed by atoms with Crippen LogP contribution in [0.1, 0.15) is 28.9 Å². The molecule has 1 saturated heterocycles. The lowest BCUT2D eigenvalue weighted by Gasteiger charge is -2.33. The van der Waals surface area contributed by atoms with Crippen LogP contribution in [0.15, 0.2) is 17.5 Å². The number of nitrogens with zero attached hydrogens (tertiary/aromatic N) is 1. The average molecular weight is 268 g/mol. The normalized spacial score (nSPS) is 20.1. The van der Waals surface area contributed by atoms with Crippen LogP contribution >= 0.6 is 11.3 Å². The van der Waals surface area contributed by atoms with Crippen LogP contribution in [-0.4, -0.2) is 48.2 Å². The molecular weight excluding hydrogens is 248 g/mol. The minimum absolute atomic E-state index is 0.152. The van der Waals surface area contributed by atoms with E-state index in [0.29, 0.717) is 6.04 Å². The van der Waals surface area contributed by atoms with Gasteiger partial charge in [0.2, 0.25) is 0 Å². The molecule has 1 aliphatic heterocycles. The van der Waals surface area contributed by atoms with Crippen LogP contribution < -0.4 is 5.32 Å². The number of aliphatic hydroxyl groups is 1. The van der Waals surface area contributed by atoms with Crippen LogP contribution in [0.25, 0.3) is 0 Å². The number of aliphatic hydroxyl groups excluding tert-OH is 1. The Kier molecular flexibility index (Phi) is 5.16. The van der Waals surface area contributed by atoms with Crippen LogP contribution in [-0.2, 0) is 0 Å². The van der Waals surface area contributed by atoms with E-state index in [0.717, 1.165) is 43.8 Å². The summed E-state index contributed by atoms with van der Waals surface area (Å²) in [6.45, 7) is 2.68. The van der Waals surface area contributed by atoms with Crippen molar-refractivity contribution in [2.24, 2.45) is 0 Å². The smallest absolute Gasteiger partial charge is 0.263 e. The van der Waals surface area contributed by atoms with Crippen LogP contribution in [0.2, 0.25) is 0 Å². The van der Waals surface area contributed by atoms with Crippen molar-refractivity contribution in [2.45, 2.75) is 25.3 Å². The second kappa shape index (κ2) is 6.87. The zero-order valence-corrected chi connectivity index (χ0v) is 11.3. The fourth-order valence-corrected chi connectivity index (χ4v) is 2.96. The third-order valence-electron chi connectivity index (χ3n) is 3.21. The SMILES string of the molecule is O=C(c1cccs1)N1CCCC(NCCCO)C1. The standard InChI is InChI=1S/C13H20N2O2S/c16-8-3-6-14-11-4-1-7-15(10-11)13(17)12-5-2-9-18-12/h2,5,9,11,14,16H,1,3-4,6-8,10H2. The molecule has 18 heavy (non-hydrogen) atoms. The van der Waals surface area contributed by atoms with E-state index in [1.165, 1.54) is 11.3 Å². The van der Waals surface area contributed by atoms with Gasteiger partial charge in [0.05, 0.1) is 4.88 Å². The van der Waals surface area contributed by atoms with Gasteiger partial charge >= 0.3 is 0 Å².